The van der Waals surface area contributed by atoms with E-state index in [-0.39, 0.29) is 5.41 Å². The number of rotatable bonds is 10. The molecule has 240 valence electrons. The van der Waals surface area contributed by atoms with Crippen molar-refractivity contribution in [1.82, 2.24) is 0 Å². The van der Waals surface area contributed by atoms with Crippen molar-refractivity contribution >= 4 is 40.6 Å². The molecule has 0 spiro atoms. The number of allylic oxidation sites excluding steroid dienone is 6. The van der Waals surface area contributed by atoms with Crippen LogP contribution >= 0.6 is 0 Å². The van der Waals surface area contributed by atoms with Crippen molar-refractivity contribution in [1.29, 1.82) is 0 Å². The molecular weight excluding hydrogens is 589 g/mol. The van der Waals surface area contributed by atoms with Crippen LogP contribution in [0.2, 0.25) is 0 Å². The Bertz CT molecular complexity index is 2290. The summed E-state index contributed by atoms with van der Waals surface area (Å²) in [5, 5.41) is 2.31. The Morgan fingerprint density at radius 2 is 1.12 bits per heavy atom. The van der Waals surface area contributed by atoms with Crippen molar-refractivity contribution in [2.24, 2.45) is 0 Å². The zero-order chi connectivity index (χ0) is 35.0. The maximum atomic E-state index is 4.38. The van der Waals surface area contributed by atoms with Crippen molar-refractivity contribution in [2.75, 3.05) is 0 Å². The lowest BCUT2D eigenvalue weighted by molar-refractivity contribution is 0.660. The normalized spacial score (nSPS) is 12.9. The highest BCUT2D eigenvalue weighted by molar-refractivity contribution is 6.13. The summed E-state index contributed by atoms with van der Waals surface area (Å²) in [6.45, 7) is 34.3. The van der Waals surface area contributed by atoms with Gasteiger partial charge in [-0.1, -0.05) is 174 Å². The Morgan fingerprint density at radius 3 is 1.69 bits per heavy atom. The molecule has 0 nitrogen and oxygen atoms in total. The molecule has 6 rings (SSSR count). The third-order valence-electron chi connectivity index (χ3n) is 10.1. The standard InChI is InChI=1S/C49H44/c1-11-21-39(34(12-2)31(7)8)32-26-28-33(29-27-32)46-37(15-5)38(16-6)47(41-23-18-17-22-40(41)46)43-30-45-48(36(14-4)35(43)13-3)42-24-19-20-25-44(42)49(45,9)10/h11-30H,1-6H2,7-10H3/b39-21-. The molecule has 0 fully saturated rings. The Labute approximate surface area is 292 Å². The molecule has 0 N–H and O–H groups in total. The van der Waals surface area contributed by atoms with Crippen molar-refractivity contribution in [3.8, 4) is 33.4 Å². The van der Waals surface area contributed by atoms with Gasteiger partial charge >= 0.3 is 0 Å². The molecule has 1 aliphatic carbocycles. The van der Waals surface area contributed by atoms with Crippen LogP contribution in [-0.2, 0) is 5.41 Å². The van der Waals surface area contributed by atoms with E-state index in [2.05, 4.69) is 152 Å². The molecule has 1 aliphatic rings. The fraction of sp³-hybridized carbons (Fsp3) is 0.102. The van der Waals surface area contributed by atoms with Crippen LogP contribution in [0.15, 0.2) is 148 Å². The molecule has 0 saturated carbocycles. The lowest BCUT2D eigenvalue weighted by atomic mass is 9.77. The van der Waals surface area contributed by atoms with E-state index in [0.717, 1.165) is 72.0 Å². The summed E-state index contributed by atoms with van der Waals surface area (Å²) >= 11 is 0. The van der Waals surface area contributed by atoms with Gasteiger partial charge in [0.15, 0.2) is 0 Å². The average molecular weight is 633 g/mol. The van der Waals surface area contributed by atoms with Crippen molar-refractivity contribution in [3.05, 3.63) is 187 Å². The zero-order valence-corrected chi connectivity index (χ0v) is 29.3. The molecule has 0 radical (unpaired) electrons. The number of hydrogen-bond donors (Lipinski definition) is 0. The SMILES string of the molecule is C=C/C=C(\C(C=C)=C(C)C)c1ccc(-c2c(C=C)c(C=C)c(-c3cc4c(c(C=C)c3C=C)-c3ccccc3C4(C)C)c3ccccc23)cc1. The van der Waals surface area contributed by atoms with Gasteiger partial charge in [-0.25, -0.2) is 0 Å². The van der Waals surface area contributed by atoms with Gasteiger partial charge in [0, 0.05) is 5.41 Å². The fourth-order valence-electron chi connectivity index (χ4n) is 7.90. The second-order valence-electron chi connectivity index (χ2n) is 13.3. The van der Waals surface area contributed by atoms with E-state index >= 15 is 0 Å². The van der Waals surface area contributed by atoms with Crippen molar-refractivity contribution in [2.45, 2.75) is 33.1 Å². The highest BCUT2D eigenvalue weighted by Crippen LogP contribution is 2.54. The van der Waals surface area contributed by atoms with Crippen LogP contribution in [0.4, 0.5) is 0 Å². The summed E-state index contributed by atoms with van der Waals surface area (Å²) < 4.78 is 0. The molecule has 5 aromatic rings. The van der Waals surface area contributed by atoms with Crippen LogP contribution in [0.1, 0.15) is 66.6 Å². The van der Waals surface area contributed by atoms with Gasteiger partial charge in [0.05, 0.1) is 0 Å². The van der Waals surface area contributed by atoms with Gasteiger partial charge in [0.2, 0.25) is 0 Å². The largest absolute Gasteiger partial charge is 0.0990 e. The molecule has 5 aromatic carbocycles. The third-order valence-corrected chi connectivity index (χ3v) is 10.1. The first-order valence-electron chi connectivity index (χ1n) is 16.8. The Balaban J connectivity index is 1.67. The quantitative estimate of drug-likeness (QED) is 0.134. The number of benzene rings is 5. The van der Waals surface area contributed by atoms with Gasteiger partial charge in [0.1, 0.15) is 0 Å². The molecule has 0 saturated heterocycles. The van der Waals surface area contributed by atoms with Gasteiger partial charge in [-0.2, -0.15) is 0 Å². The lowest BCUT2D eigenvalue weighted by Gasteiger charge is -2.26. The minimum atomic E-state index is -0.179. The first-order chi connectivity index (χ1) is 23.7. The van der Waals surface area contributed by atoms with Crippen LogP contribution in [0, 0.1) is 0 Å². The first-order valence-corrected chi connectivity index (χ1v) is 16.8. The van der Waals surface area contributed by atoms with Gasteiger partial charge in [-0.3, -0.25) is 0 Å². The molecule has 0 aliphatic heterocycles. The van der Waals surface area contributed by atoms with Crippen LogP contribution < -0.4 is 0 Å². The van der Waals surface area contributed by atoms with Crippen molar-refractivity contribution in [3.63, 3.8) is 0 Å². The molecule has 0 bridgehead atoms. The van der Waals surface area contributed by atoms with Gasteiger partial charge in [-0.05, 0) is 114 Å². The second-order valence-corrected chi connectivity index (χ2v) is 13.3. The number of fused-ring (bicyclic) bond motifs is 4. The minimum Gasteiger partial charge on any atom is -0.0990 e. The molecule has 0 heteroatoms. The Morgan fingerprint density at radius 1 is 0.571 bits per heavy atom. The lowest BCUT2D eigenvalue weighted by Crippen LogP contribution is -2.15. The molecule has 49 heavy (non-hydrogen) atoms. The maximum Gasteiger partial charge on any atom is 0.0159 e. The molecule has 0 atom stereocenters. The van der Waals surface area contributed by atoms with Crippen LogP contribution in [-0.4, -0.2) is 0 Å². The first kappa shape index (κ1) is 33.2. The van der Waals surface area contributed by atoms with E-state index < -0.39 is 0 Å². The zero-order valence-electron chi connectivity index (χ0n) is 29.3. The smallest absolute Gasteiger partial charge is 0.0159 e. The monoisotopic (exact) mass is 632 g/mol. The average Bonchev–Trinajstić information content (AvgIpc) is 3.35. The number of hydrogen-bond acceptors (Lipinski definition) is 0. The minimum absolute atomic E-state index is 0.179. The van der Waals surface area contributed by atoms with Crippen LogP contribution in [0.3, 0.4) is 0 Å². The molecule has 0 heterocycles. The molecule has 0 amide bonds. The summed E-state index contributed by atoms with van der Waals surface area (Å²) in [7, 11) is 0. The summed E-state index contributed by atoms with van der Waals surface area (Å²) in [5.74, 6) is 0. The van der Waals surface area contributed by atoms with E-state index in [1.807, 2.05) is 36.5 Å². The summed E-state index contributed by atoms with van der Waals surface area (Å²) in [6, 6.07) is 28.6. The van der Waals surface area contributed by atoms with Gasteiger partial charge < -0.3 is 0 Å². The Hall–Kier alpha value is -5.72. The topological polar surface area (TPSA) is 0 Å². The van der Waals surface area contributed by atoms with Gasteiger partial charge in [0.25, 0.3) is 0 Å². The fourth-order valence-corrected chi connectivity index (χ4v) is 7.90. The predicted octanol–water partition coefficient (Wildman–Crippen LogP) is 14.1. The van der Waals surface area contributed by atoms with E-state index in [4.69, 9.17) is 0 Å². The van der Waals surface area contributed by atoms with E-state index in [1.54, 1.807) is 0 Å². The second kappa shape index (κ2) is 13.1. The van der Waals surface area contributed by atoms with E-state index in [1.165, 1.54) is 27.8 Å². The van der Waals surface area contributed by atoms with E-state index in [0.29, 0.717) is 0 Å². The molecule has 0 unspecified atom stereocenters. The summed E-state index contributed by atoms with van der Waals surface area (Å²) in [5.41, 5.74) is 18.3. The molecular formula is C49H44. The van der Waals surface area contributed by atoms with Gasteiger partial charge in [-0.15, -0.1) is 0 Å². The summed E-state index contributed by atoms with van der Waals surface area (Å²) in [6.07, 6.45) is 13.8. The van der Waals surface area contributed by atoms with E-state index in [9.17, 15) is 0 Å². The highest BCUT2D eigenvalue weighted by Gasteiger charge is 2.38. The van der Waals surface area contributed by atoms with Crippen molar-refractivity contribution < 1.29 is 0 Å². The predicted molar refractivity (Wildman–Crippen MR) is 219 cm³/mol. The van der Waals surface area contributed by atoms with Crippen LogP contribution in [0.25, 0.3) is 74.0 Å². The third kappa shape index (κ3) is 5.16. The highest BCUT2D eigenvalue weighted by atomic mass is 14.4. The maximum absolute atomic E-state index is 4.38. The van der Waals surface area contributed by atoms with Crippen LogP contribution in [0.5, 0.6) is 0 Å². The summed E-state index contributed by atoms with van der Waals surface area (Å²) in [4.78, 5) is 0. The molecule has 0 aromatic heterocycles. The Kier molecular flexibility index (Phi) is 8.84.